The Balaban J connectivity index is 2.05. The first kappa shape index (κ1) is 15.4. The van der Waals surface area contributed by atoms with Gasteiger partial charge < -0.3 is 10.1 Å². The third kappa shape index (κ3) is 3.17. The van der Waals surface area contributed by atoms with Crippen molar-refractivity contribution in [3.63, 3.8) is 0 Å². The predicted molar refractivity (Wildman–Crippen MR) is 90.3 cm³/mol. The molecule has 3 rings (SSSR count). The van der Waals surface area contributed by atoms with E-state index in [2.05, 4.69) is 10.3 Å². The minimum Gasteiger partial charge on any atom is -0.463 e. The summed E-state index contributed by atoms with van der Waals surface area (Å²) in [6, 6.07) is 9.35. The lowest BCUT2D eigenvalue weighted by Gasteiger charge is -2.25. The summed E-state index contributed by atoms with van der Waals surface area (Å²) in [5.41, 5.74) is 4.77. The number of amidine groups is 1. The highest BCUT2D eigenvalue weighted by Crippen LogP contribution is 2.32. The summed E-state index contributed by atoms with van der Waals surface area (Å²) in [6.07, 6.45) is 0. The predicted octanol–water partition coefficient (Wildman–Crippen LogP) is 3.07. The molecule has 1 aromatic heterocycles. The maximum atomic E-state index is 12.4. The molecule has 0 saturated carbocycles. The molecular formula is C17H17N3O2S. The quantitative estimate of drug-likeness (QED) is 0.877. The molecule has 0 bridgehead atoms. The van der Waals surface area contributed by atoms with Crippen molar-refractivity contribution in [2.45, 2.75) is 19.9 Å². The third-order valence-corrected chi connectivity index (χ3v) is 4.11. The maximum absolute atomic E-state index is 12.4. The van der Waals surface area contributed by atoms with Gasteiger partial charge in [0.05, 0.1) is 17.7 Å². The van der Waals surface area contributed by atoms with Crippen LogP contribution in [0.1, 0.15) is 31.1 Å². The Morgan fingerprint density at radius 3 is 2.78 bits per heavy atom. The Morgan fingerprint density at radius 2 is 2.13 bits per heavy atom. The Bertz CT molecular complexity index is 751. The number of carbonyl (C=O) groups is 1. The summed E-state index contributed by atoms with van der Waals surface area (Å²) in [6.45, 7) is 3.99. The van der Waals surface area contributed by atoms with Gasteiger partial charge in [-0.2, -0.15) is 0 Å². The van der Waals surface area contributed by atoms with Gasteiger partial charge in [0.1, 0.15) is 11.7 Å². The van der Waals surface area contributed by atoms with Crippen LogP contribution in [-0.2, 0) is 9.53 Å². The molecule has 2 heterocycles. The van der Waals surface area contributed by atoms with E-state index in [0.29, 0.717) is 18.0 Å². The van der Waals surface area contributed by atoms with E-state index in [1.807, 2.05) is 42.6 Å². The molecule has 1 N–H and O–H groups in total. The fraction of sp³-hybridized carbons (Fsp3) is 0.235. The Morgan fingerprint density at radius 1 is 1.35 bits per heavy atom. The molecule has 5 nitrogen and oxygen atoms in total. The molecule has 1 aromatic carbocycles. The topological polar surface area (TPSA) is 63.6 Å². The molecule has 0 aliphatic carbocycles. The lowest BCUT2D eigenvalue weighted by atomic mass is 9.96. The van der Waals surface area contributed by atoms with Gasteiger partial charge in [-0.3, -0.25) is 4.99 Å². The molecule has 2 aromatic rings. The van der Waals surface area contributed by atoms with Crippen LogP contribution >= 0.6 is 11.3 Å². The highest BCUT2D eigenvalue weighted by molar-refractivity contribution is 7.07. The summed E-state index contributed by atoms with van der Waals surface area (Å²) < 4.78 is 5.21. The highest BCUT2D eigenvalue weighted by Gasteiger charge is 2.30. The number of carbonyl (C=O) groups excluding carboxylic acids is 1. The van der Waals surface area contributed by atoms with Crippen LogP contribution in [0.3, 0.4) is 0 Å². The number of rotatable bonds is 4. The SMILES string of the molecule is CCOC(=O)C1=C(C)NC(c2cscn2)=N[C@@H]1c1ccccc1. The molecule has 0 amide bonds. The molecule has 1 aliphatic heterocycles. The highest BCUT2D eigenvalue weighted by atomic mass is 32.1. The second kappa shape index (κ2) is 6.75. The van der Waals surface area contributed by atoms with Crippen molar-refractivity contribution in [3.05, 3.63) is 63.7 Å². The Hall–Kier alpha value is -2.47. The van der Waals surface area contributed by atoms with Crippen molar-refractivity contribution in [1.82, 2.24) is 10.3 Å². The van der Waals surface area contributed by atoms with Gasteiger partial charge in [0.2, 0.25) is 0 Å². The molecule has 0 fully saturated rings. The van der Waals surface area contributed by atoms with Crippen molar-refractivity contribution in [2.24, 2.45) is 4.99 Å². The van der Waals surface area contributed by atoms with Gasteiger partial charge >= 0.3 is 5.97 Å². The fourth-order valence-corrected chi connectivity index (χ4v) is 3.02. The second-order valence-corrected chi connectivity index (χ2v) is 5.77. The smallest absolute Gasteiger partial charge is 0.338 e. The molecule has 1 atom stereocenters. The third-order valence-electron chi connectivity index (χ3n) is 3.53. The number of allylic oxidation sites excluding steroid dienone is 1. The van der Waals surface area contributed by atoms with Crippen molar-refractivity contribution in [3.8, 4) is 0 Å². The Kier molecular flexibility index (Phi) is 4.52. The monoisotopic (exact) mass is 327 g/mol. The fourth-order valence-electron chi connectivity index (χ4n) is 2.49. The van der Waals surface area contributed by atoms with Gasteiger partial charge in [0.15, 0.2) is 5.84 Å². The molecule has 6 heteroatoms. The summed E-state index contributed by atoms with van der Waals surface area (Å²) in [5.74, 6) is 0.332. The van der Waals surface area contributed by atoms with Crippen LogP contribution in [0.2, 0.25) is 0 Å². The number of benzene rings is 1. The van der Waals surface area contributed by atoms with Crippen LogP contribution in [-0.4, -0.2) is 23.4 Å². The number of ether oxygens (including phenoxy) is 1. The van der Waals surface area contributed by atoms with E-state index in [1.165, 1.54) is 11.3 Å². The molecule has 1 aliphatic rings. The van der Waals surface area contributed by atoms with Crippen molar-refractivity contribution in [2.75, 3.05) is 6.61 Å². The number of aliphatic imine (C=N–C) groups is 1. The van der Waals surface area contributed by atoms with E-state index in [0.717, 1.165) is 17.0 Å². The lowest BCUT2D eigenvalue weighted by Crippen LogP contribution is -2.33. The second-order valence-electron chi connectivity index (χ2n) is 5.05. The normalized spacial score (nSPS) is 17.5. The first-order chi connectivity index (χ1) is 11.2. The minimum absolute atomic E-state index is 0.333. The van der Waals surface area contributed by atoms with E-state index in [1.54, 1.807) is 12.4 Å². The van der Waals surface area contributed by atoms with Crippen molar-refractivity contribution >= 4 is 23.1 Å². The summed E-state index contributed by atoms with van der Waals surface area (Å²) in [5, 5.41) is 5.11. The number of esters is 1. The number of nitrogens with one attached hydrogen (secondary N) is 1. The van der Waals surface area contributed by atoms with E-state index in [9.17, 15) is 4.79 Å². The largest absolute Gasteiger partial charge is 0.463 e. The van der Waals surface area contributed by atoms with Crippen LogP contribution in [0.4, 0.5) is 0 Å². The zero-order chi connectivity index (χ0) is 16.2. The number of hydrogen-bond donors (Lipinski definition) is 1. The zero-order valence-corrected chi connectivity index (χ0v) is 13.8. The minimum atomic E-state index is -0.395. The molecule has 0 saturated heterocycles. The zero-order valence-electron chi connectivity index (χ0n) is 12.9. The standard InChI is InChI=1S/C17H17N3O2S/c1-3-22-17(21)14-11(2)19-16(13-9-23-10-18-13)20-15(14)12-7-5-4-6-8-12/h4-10,15H,3H2,1-2H3,(H,19,20)/t15-/m1/s1. The molecular weight excluding hydrogens is 310 g/mol. The summed E-state index contributed by atoms with van der Waals surface area (Å²) in [7, 11) is 0. The van der Waals surface area contributed by atoms with Crippen LogP contribution in [0.5, 0.6) is 0 Å². The molecule has 23 heavy (non-hydrogen) atoms. The average Bonchev–Trinajstić information content (AvgIpc) is 3.09. The van der Waals surface area contributed by atoms with Gasteiger partial charge in [-0.1, -0.05) is 30.3 Å². The number of hydrogen-bond acceptors (Lipinski definition) is 6. The summed E-state index contributed by atoms with van der Waals surface area (Å²) >= 11 is 1.51. The van der Waals surface area contributed by atoms with Crippen LogP contribution in [0.15, 0.2) is 57.5 Å². The lowest BCUT2D eigenvalue weighted by molar-refractivity contribution is -0.138. The molecule has 0 spiro atoms. The van der Waals surface area contributed by atoms with Gasteiger partial charge in [-0.15, -0.1) is 11.3 Å². The van der Waals surface area contributed by atoms with Gasteiger partial charge in [-0.05, 0) is 19.4 Å². The van der Waals surface area contributed by atoms with E-state index < -0.39 is 6.04 Å². The summed E-state index contributed by atoms with van der Waals surface area (Å²) in [4.78, 5) is 21.4. The van der Waals surface area contributed by atoms with E-state index in [4.69, 9.17) is 9.73 Å². The first-order valence-electron chi connectivity index (χ1n) is 7.37. The van der Waals surface area contributed by atoms with E-state index >= 15 is 0 Å². The molecule has 0 radical (unpaired) electrons. The average molecular weight is 327 g/mol. The maximum Gasteiger partial charge on any atom is 0.338 e. The van der Waals surface area contributed by atoms with Crippen molar-refractivity contribution in [1.29, 1.82) is 0 Å². The van der Waals surface area contributed by atoms with Crippen LogP contribution < -0.4 is 5.32 Å². The number of thiazole rings is 1. The van der Waals surface area contributed by atoms with E-state index in [-0.39, 0.29) is 5.97 Å². The Labute approximate surface area is 138 Å². The number of nitrogens with zero attached hydrogens (tertiary/aromatic N) is 2. The molecule has 0 unspecified atom stereocenters. The van der Waals surface area contributed by atoms with Gasteiger partial charge in [0.25, 0.3) is 0 Å². The molecule has 118 valence electrons. The van der Waals surface area contributed by atoms with Crippen LogP contribution in [0.25, 0.3) is 0 Å². The first-order valence-corrected chi connectivity index (χ1v) is 8.31. The van der Waals surface area contributed by atoms with Crippen molar-refractivity contribution < 1.29 is 9.53 Å². The van der Waals surface area contributed by atoms with Crippen LogP contribution in [0, 0.1) is 0 Å². The number of aromatic nitrogens is 1. The van der Waals surface area contributed by atoms with Gasteiger partial charge in [-0.25, -0.2) is 9.78 Å². The van der Waals surface area contributed by atoms with Gasteiger partial charge in [0, 0.05) is 11.1 Å².